The number of aromatic hydroxyl groups is 1. The summed E-state index contributed by atoms with van der Waals surface area (Å²) in [4.78, 5) is 0. The fraction of sp³-hybridized carbons (Fsp3) is 0.238. The van der Waals surface area contributed by atoms with Crippen LogP contribution in [0.4, 0.5) is 11.4 Å². The number of aryl methyl sites for hydroxylation is 1. The molecule has 0 aliphatic heterocycles. The van der Waals surface area contributed by atoms with Gasteiger partial charge in [-0.05, 0) is 43.2 Å². The summed E-state index contributed by atoms with van der Waals surface area (Å²) in [5.74, 6) is 0.136. The van der Waals surface area contributed by atoms with Crippen LogP contribution in [0.5, 0.6) is 5.88 Å². The zero-order valence-corrected chi connectivity index (χ0v) is 14.5. The molecular weight excluding hydrogens is 310 g/mol. The zero-order chi connectivity index (χ0) is 17.5. The number of hydrogen-bond donors (Lipinski definition) is 1. The second-order valence-corrected chi connectivity index (χ2v) is 6.01. The Labute approximate surface area is 148 Å². The molecule has 0 aliphatic rings. The SMILES string of the molecule is CCCCCc1cc(N=Nc2ccccc2)c(O)n1-c1ccccc1. The summed E-state index contributed by atoms with van der Waals surface area (Å²) in [6, 6.07) is 21.4. The molecule has 1 heterocycles. The minimum atomic E-state index is 0.136. The van der Waals surface area contributed by atoms with Crippen molar-refractivity contribution in [3.05, 3.63) is 72.4 Å². The van der Waals surface area contributed by atoms with Gasteiger partial charge in [-0.15, -0.1) is 5.11 Å². The maximum atomic E-state index is 10.7. The van der Waals surface area contributed by atoms with E-state index < -0.39 is 0 Å². The van der Waals surface area contributed by atoms with E-state index in [1.54, 1.807) is 0 Å². The quantitative estimate of drug-likeness (QED) is 0.398. The van der Waals surface area contributed by atoms with E-state index in [1.165, 1.54) is 12.8 Å². The van der Waals surface area contributed by atoms with Gasteiger partial charge in [-0.1, -0.05) is 56.2 Å². The average molecular weight is 333 g/mol. The van der Waals surface area contributed by atoms with Crippen molar-refractivity contribution < 1.29 is 5.11 Å². The molecule has 1 aromatic heterocycles. The largest absolute Gasteiger partial charge is 0.493 e. The van der Waals surface area contributed by atoms with Crippen LogP contribution in [-0.2, 0) is 6.42 Å². The number of aromatic nitrogens is 1. The summed E-state index contributed by atoms with van der Waals surface area (Å²) < 4.78 is 1.87. The fourth-order valence-electron chi connectivity index (χ4n) is 2.82. The summed E-state index contributed by atoms with van der Waals surface area (Å²) in [6.45, 7) is 2.19. The van der Waals surface area contributed by atoms with Crippen molar-refractivity contribution >= 4 is 11.4 Å². The predicted molar refractivity (Wildman–Crippen MR) is 101 cm³/mol. The Balaban J connectivity index is 1.95. The Kier molecular flexibility index (Phi) is 5.62. The predicted octanol–water partition coefficient (Wildman–Crippen LogP) is 6.33. The van der Waals surface area contributed by atoms with E-state index in [9.17, 15) is 5.11 Å². The standard InChI is InChI=1S/C21H23N3O/c1-2-3-6-15-19-16-20(23-22-17-11-7-4-8-12-17)21(25)24(19)18-13-9-5-10-14-18/h4-5,7-14,16,25H,2-3,6,15H2,1H3. The number of para-hydroxylation sites is 1. The molecule has 0 bridgehead atoms. The van der Waals surface area contributed by atoms with E-state index in [2.05, 4.69) is 17.2 Å². The molecule has 0 saturated heterocycles. The molecule has 128 valence electrons. The van der Waals surface area contributed by atoms with Gasteiger partial charge in [-0.25, -0.2) is 0 Å². The normalized spacial score (nSPS) is 11.2. The molecule has 3 aromatic rings. The van der Waals surface area contributed by atoms with Gasteiger partial charge in [0, 0.05) is 11.4 Å². The first-order valence-corrected chi connectivity index (χ1v) is 8.75. The molecule has 0 unspecified atom stereocenters. The summed E-state index contributed by atoms with van der Waals surface area (Å²) >= 11 is 0. The van der Waals surface area contributed by atoms with Gasteiger partial charge in [-0.3, -0.25) is 4.57 Å². The lowest BCUT2D eigenvalue weighted by Gasteiger charge is -2.10. The summed E-state index contributed by atoms with van der Waals surface area (Å²) in [7, 11) is 0. The second kappa shape index (κ2) is 8.29. The van der Waals surface area contributed by atoms with Crippen molar-refractivity contribution in [2.45, 2.75) is 32.6 Å². The number of azo groups is 1. The molecule has 3 rings (SSSR count). The lowest BCUT2D eigenvalue weighted by Crippen LogP contribution is -1.99. The van der Waals surface area contributed by atoms with Gasteiger partial charge < -0.3 is 5.11 Å². The molecule has 0 atom stereocenters. The molecule has 0 saturated carbocycles. The lowest BCUT2D eigenvalue weighted by molar-refractivity contribution is 0.441. The maximum Gasteiger partial charge on any atom is 0.224 e. The van der Waals surface area contributed by atoms with Crippen molar-refractivity contribution in [1.29, 1.82) is 0 Å². The Morgan fingerprint density at radius 1 is 0.880 bits per heavy atom. The van der Waals surface area contributed by atoms with Crippen LogP contribution in [-0.4, -0.2) is 9.67 Å². The summed E-state index contributed by atoms with van der Waals surface area (Å²) in [5.41, 5.74) is 3.26. The van der Waals surface area contributed by atoms with E-state index in [-0.39, 0.29) is 5.88 Å². The van der Waals surface area contributed by atoms with Crippen molar-refractivity contribution in [2.24, 2.45) is 10.2 Å². The third-order valence-electron chi connectivity index (χ3n) is 4.11. The molecule has 0 radical (unpaired) electrons. The first-order valence-electron chi connectivity index (χ1n) is 8.75. The van der Waals surface area contributed by atoms with Gasteiger partial charge in [0.1, 0.15) is 5.69 Å². The number of hydrogen-bond acceptors (Lipinski definition) is 3. The van der Waals surface area contributed by atoms with E-state index >= 15 is 0 Å². The summed E-state index contributed by atoms with van der Waals surface area (Å²) in [5, 5.41) is 19.2. The highest BCUT2D eigenvalue weighted by atomic mass is 16.3. The third-order valence-corrected chi connectivity index (χ3v) is 4.11. The molecule has 0 aliphatic carbocycles. The highest BCUT2D eigenvalue weighted by Crippen LogP contribution is 2.35. The monoisotopic (exact) mass is 333 g/mol. The van der Waals surface area contributed by atoms with Gasteiger partial charge in [0.15, 0.2) is 0 Å². The zero-order valence-electron chi connectivity index (χ0n) is 14.5. The van der Waals surface area contributed by atoms with Crippen LogP contribution >= 0.6 is 0 Å². The Hall–Kier alpha value is -2.88. The van der Waals surface area contributed by atoms with E-state index in [4.69, 9.17) is 0 Å². The Morgan fingerprint density at radius 3 is 2.24 bits per heavy atom. The first kappa shape index (κ1) is 17.0. The van der Waals surface area contributed by atoms with Crippen LogP contribution in [0.1, 0.15) is 31.9 Å². The molecular formula is C21H23N3O. The van der Waals surface area contributed by atoms with Crippen molar-refractivity contribution in [3.63, 3.8) is 0 Å². The molecule has 0 spiro atoms. The van der Waals surface area contributed by atoms with E-state index in [0.29, 0.717) is 5.69 Å². The van der Waals surface area contributed by atoms with Crippen LogP contribution in [0.25, 0.3) is 5.69 Å². The van der Waals surface area contributed by atoms with Crippen molar-refractivity contribution in [3.8, 4) is 11.6 Å². The molecule has 4 nitrogen and oxygen atoms in total. The molecule has 1 N–H and O–H groups in total. The molecule has 0 fully saturated rings. The fourth-order valence-corrected chi connectivity index (χ4v) is 2.82. The Morgan fingerprint density at radius 2 is 1.56 bits per heavy atom. The molecule has 0 amide bonds. The highest BCUT2D eigenvalue weighted by Gasteiger charge is 2.15. The number of unbranched alkanes of at least 4 members (excludes halogenated alkanes) is 2. The van der Waals surface area contributed by atoms with Crippen LogP contribution < -0.4 is 0 Å². The molecule has 25 heavy (non-hydrogen) atoms. The summed E-state index contributed by atoms with van der Waals surface area (Å²) in [6.07, 6.45) is 4.32. The lowest BCUT2D eigenvalue weighted by atomic mass is 10.1. The highest BCUT2D eigenvalue weighted by molar-refractivity contribution is 5.56. The van der Waals surface area contributed by atoms with E-state index in [0.717, 1.165) is 29.9 Å². The minimum Gasteiger partial charge on any atom is -0.493 e. The van der Waals surface area contributed by atoms with Crippen LogP contribution in [0.2, 0.25) is 0 Å². The minimum absolute atomic E-state index is 0.136. The van der Waals surface area contributed by atoms with Crippen LogP contribution in [0, 0.1) is 0 Å². The van der Waals surface area contributed by atoms with Gasteiger partial charge in [-0.2, -0.15) is 5.11 Å². The number of rotatable bonds is 7. The van der Waals surface area contributed by atoms with Crippen LogP contribution in [0.3, 0.4) is 0 Å². The third kappa shape index (κ3) is 4.15. The second-order valence-electron chi connectivity index (χ2n) is 6.01. The van der Waals surface area contributed by atoms with Gasteiger partial charge in [0.2, 0.25) is 5.88 Å². The van der Waals surface area contributed by atoms with Crippen molar-refractivity contribution in [1.82, 2.24) is 4.57 Å². The molecule has 4 heteroatoms. The van der Waals surface area contributed by atoms with Gasteiger partial charge in [0.25, 0.3) is 0 Å². The molecule has 2 aromatic carbocycles. The maximum absolute atomic E-state index is 10.7. The first-order chi connectivity index (χ1) is 12.3. The van der Waals surface area contributed by atoms with Gasteiger partial charge in [0.05, 0.1) is 5.69 Å². The smallest absolute Gasteiger partial charge is 0.224 e. The van der Waals surface area contributed by atoms with E-state index in [1.807, 2.05) is 71.3 Å². The van der Waals surface area contributed by atoms with Gasteiger partial charge >= 0.3 is 0 Å². The number of nitrogens with zero attached hydrogens (tertiary/aromatic N) is 3. The van der Waals surface area contributed by atoms with Crippen molar-refractivity contribution in [2.75, 3.05) is 0 Å². The number of benzene rings is 2. The topological polar surface area (TPSA) is 49.9 Å². The average Bonchev–Trinajstić information content (AvgIpc) is 2.97. The Bertz CT molecular complexity index is 823. The van der Waals surface area contributed by atoms with Crippen LogP contribution in [0.15, 0.2) is 77.0 Å².